The Morgan fingerprint density at radius 3 is 2.67 bits per heavy atom. The van der Waals surface area contributed by atoms with Crippen LogP contribution in [0.5, 0.6) is 0 Å². The maximum Gasteiger partial charge on any atom is 0.352 e. The van der Waals surface area contributed by atoms with E-state index in [-0.39, 0.29) is 21.9 Å². The van der Waals surface area contributed by atoms with Gasteiger partial charge in [0.05, 0.1) is 0 Å². The number of aryl methyl sites for hydroxylation is 1. The number of nitrogens with one attached hydrogen (secondary N) is 1. The number of carboxylic acids is 1. The van der Waals surface area contributed by atoms with E-state index in [1.807, 2.05) is 6.26 Å². The minimum absolute atomic E-state index is 0.00725. The predicted molar refractivity (Wildman–Crippen MR) is 82.3 cm³/mol. The van der Waals surface area contributed by atoms with Gasteiger partial charge in [0.2, 0.25) is 10.0 Å². The highest BCUT2D eigenvalue weighted by atomic mass is 32.2. The minimum atomic E-state index is -3.69. The molecule has 1 aliphatic carbocycles. The molecule has 1 aliphatic rings. The molecule has 118 valence electrons. The van der Waals surface area contributed by atoms with E-state index in [1.165, 1.54) is 23.9 Å². The Kier molecular flexibility index (Phi) is 5.00. The number of hydrogen-bond donors (Lipinski definition) is 2. The van der Waals surface area contributed by atoms with E-state index in [1.54, 1.807) is 11.8 Å². The first-order chi connectivity index (χ1) is 9.85. The van der Waals surface area contributed by atoms with Gasteiger partial charge in [0.1, 0.15) is 10.6 Å². The fourth-order valence-electron chi connectivity index (χ4n) is 2.67. The van der Waals surface area contributed by atoms with Gasteiger partial charge < -0.3 is 9.67 Å². The highest BCUT2D eigenvalue weighted by Crippen LogP contribution is 2.28. The second kappa shape index (κ2) is 6.41. The third kappa shape index (κ3) is 3.61. The first-order valence-electron chi connectivity index (χ1n) is 6.80. The Balaban J connectivity index is 2.21. The van der Waals surface area contributed by atoms with Crippen molar-refractivity contribution in [2.45, 2.75) is 41.9 Å². The van der Waals surface area contributed by atoms with Gasteiger partial charge in [-0.15, -0.1) is 0 Å². The maximum absolute atomic E-state index is 12.4. The highest BCUT2D eigenvalue weighted by Gasteiger charge is 2.30. The third-order valence-corrected chi connectivity index (χ3v) is 6.45. The molecule has 8 heteroatoms. The number of aromatic nitrogens is 1. The molecule has 2 N–H and O–H groups in total. The van der Waals surface area contributed by atoms with Gasteiger partial charge in [-0.25, -0.2) is 17.9 Å². The summed E-state index contributed by atoms with van der Waals surface area (Å²) in [5, 5.41) is 9.28. The van der Waals surface area contributed by atoms with Crippen molar-refractivity contribution in [3.63, 3.8) is 0 Å². The molecule has 0 aliphatic heterocycles. The van der Waals surface area contributed by atoms with Crippen molar-refractivity contribution < 1.29 is 18.3 Å². The SMILES string of the molecule is CSC1CCCCC1NS(=O)(=O)c1cc(C(=O)O)n(C)c1. The molecule has 0 aromatic carbocycles. The van der Waals surface area contributed by atoms with Crippen LogP contribution < -0.4 is 4.72 Å². The van der Waals surface area contributed by atoms with Gasteiger partial charge in [-0.2, -0.15) is 11.8 Å². The van der Waals surface area contributed by atoms with Crippen LogP contribution in [0.2, 0.25) is 0 Å². The van der Waals surface area contributed by atoms with E-state index < -0.39 is 16.0 Å². The summed E-state index contributed by atoms with van der Waals surface area (Å²) in [4.78, 5) is 11.0. The Hall–Kier alpha value is -0.990. The lowest BCUT2D eigenvalue weighted by Gasteiger charge is -2.30. The molecule has 1 heterocycles. The number of sulfonamides is 1. The zero-order valence-electron chi connectivity index (χ0n) is 12.1. The molecule has 1 saturated carbocycles. The van der Waals surface area contributed by atoms with Gasteiger partial charge in [0.15, 0.2) is 0 Å². The summed E-state index contributed by atoms with van der Waals surface area (Å²) in [6.45, 7) is 0. The molecule has 21 heavy (non-hydrogen) atoms. The standard InChI is InChI=1S/C13H20N2O4S2/c1-15-8-9(7-11(15)13(16)17)21(18,19)14-10-5-3-4-6-12(10)20-2/h7-8,10,12,14H,3-6H2,1-2H3,(H,16,17). The molecular formula is C13H20N2O4S2. The van der Waals surface area contributed by atoms with Crippen LogP contribution in [0.1, 0.15) is 36.2 Å². The third-order valence-electron chi connectivity index (χ3n) is 3.82. The van der Waals surface area contributed by atoms with Crippen molar-refractivity contribution in [3.8, 4) is 0 Å². The maximum atomic E-state index is 12.4. The summed E-state index contributed by atoms with van der Waals surface area (Å²) in [5.41, 5.74) is -0.0413. The van der Waals surface area contributed by atoms with Gasteiger partial charge in [-0.1, -0.05) is 12.8 Å². The number of carbonyl (C=O) groups is 1. The molecule has 0 bridgehead atoms. The lowest BCUT2D eigenvalue weighted by Crippen LogP contribution is -2.43. The second-order valence-electron chi connectivity index (χ2n) is 5.26. The Bertz CT molecular complexity index is 624. The van der Waals surface area contributed by atoms with Gasteiger partial charge in [-0.3, -0.25) is 0 Å². The van der Waals surface area contributed by atoms with Crippen LogP contribution in [-0.2, 0) is 17.1 Å². The molecule has 6 nitrogen and oxygen atoms in total. The van der Waals surface area contributed by atoms with Crippen LogP contribution in [0.25, 0.3) is 0 Å². The summed E-state index contributed by atoms with van der Waals surface area (Å²) in [7, 11) is -2.16. The van der Waals surface area contributed by atoms with Crippen molar-refractivity contribution in [1.82, 2.24) is 9.29 Å². The van der Waals surface area contributed by atoms with Crippen LogP contribution in [0.4, 0.5) is 0 Å². The molecule has 0 saturated heterocycles. The fraction of sp³-hybridized carbons (Fsp3) is 0.615. The van der Waals surface area contributed by atoms with Crippen molar-refractivity contribution in [2.24, 2.45) is 7.05 Å². The van der Waals surface area contributed by atoms with E-state index >= 15 is 0 Å². The van der Waals surface area contributed by atoms with Gasteiger partial charge in [0.25, 0.3) is 0 Å². The number of thioether (sulfide) groups is 1. The van der Waals surface area contributed by atoms with Crippen LogP contribution in [0.3, 0.4) is 0 Å². The molecule has 1 fully saturated rings. The highest BCUT2D eigenvalue weighted by molar-refractivity contribution is 7.99. The number of hydrogen-bond acceptors (Lipinski definition) is 4. The van der Waals surface area contributed by atoms with E-state index in [0.717, 1.165) is 25.7 Å². The molecule has 0 spiro atoms. The van der Waals surface area contributed by atoms with Gasteiger partial charge >= 0.3 is 5.97 Å². The average molecular weight is 332 g/mol. The first-order valence-corrected chi connectivity index (χ1v) is 9.57. The Morgan fingerprint density at radius 1 is 1.43 bits per heavy atom. The quantitative estimate of drug-likeness (QED) is 0.856. The van der Waals surface area contributed by atoms with E-state index in [4.69, 9.17) is 5.11 Å². The topological polar surface area (TPSA) is 88.4 Å². The van der Waals surface area contributed by atoms with Crippen LogP contribution in [-0.4, -0.2) is 41.6 Å². The van der Waals surface area contributed by atoms with Crippen LogP contribution in [0, 0.1) is 0 Å². The van der Waals surface area contributed by atoms with Crippen molar-refractivity contribution >= 4 is 27.8 Å². The summed E-state index contributed by atoms with van der Waals surface area (Å²) in [5.74, 6) is -1.14. The monoisotopic (exact) mass is 332 g/mol. The van der Waals surface area contributed by atoms with Crippen molar-refractivity contribution in [1.29, 1.82) is 0 Å². The van der Waals surface area contributed by atoms with Crippen LogP contribution >= 0.6 is 11.8 Å². The van der Waals surface area contributed by atoms with Gasteiger partial charge in [0, 0.05) is 24.5 Å². The minimum Gasteiger partial charge on any atom is -0.477 e. The average Bonchev–Trinajstić information content (AvgIpc) is 2.82. The first kappa shape index (κ1) is 16.4. The van der Waals surface area contributed by atoms with Crippen molar-refractivity contribution in [3.05, 3.63) is 18.0 Å². The van der Waals surface area contributed by atoms with E-state index in [9.17, 15) is 13.2 Å². The molecule has 1 aromatic heterocycles. The number of nitrogens with zero attached hydrogens (tertiary/aromatic N) is 1. The van der Waals surface area contributed by atoms with Crippen molar-refractivity contribution in [2.75, 3.05) is 6.26 Å². The molecule has 0 amide bonds. The molecular weight excluding hydrogens is 312 g/mol. The smallest absolute Gasteiger partial charge is 0.352 e. The number of carboxylic acid groups (broad SMARTS) is 1. The Morgan fingerprint density at radius 2 is 2.10 bits per heavy atom. The summed E-state index contributed by atoms with van der Waals surface area (Å²) in [6, 6.07) is 1.11. The van der Waals surface area contributed by atoms with E-state index in [2.05, 4.69) is 4.72 Å². The number of rotatable bonds is 5. The molecule has 2 atom stereocenters. The summed E-state index contributed by atoms with van der Waals surface area (Å²) >= 11 is 1.68. The second-order valence-corrected chi connectivity index (χ2v) is 8.05. The van der Waals surface area contributed by atoms with E-state index in [0.29, 0.717) is 0 Å². The lowest BCUT2D eigenvalue weighted by molar-refractivity contribution is 0.0686. The molecule has 2 unspecified atom stereocenters. The molecule has 1 aromatic rings. The molecule has 0 radical (unpaired) electrons. The summed E-state index contributed by atoms with van der Waals surface area (Å²) in [6.07, 6.45) is 7.29. The lowest BCUT2D eigenvalue weighted by atomic mass is 9.96. The normalized spacial score (nSPS) is 23.1. The largest absolute Gasteiger partial charge is 0.477 e. The zero-order chi connectivity index (χ0) is 15.6. The zero-order valence-corrected chi connectivity index (χ0v) is 13.7. The fourth-order valence-corrected chi connectivity index (χ4v) is 5.08. The summed E-state index contributed by atoms with van der Waals surface area (Å²) < 4.78 is 28.9. The molecule has 2 rings (SSSR count). The van der Waals surface area contributed by atoms with Crippen LogP contribution in [0.15, 0.2) is 17.2 Å². The Labute approximate surface area is 129 Å². The van der Waals surface area contributed by atoms with Gasteiger partial charge in [-0.05, 0) is 25.2 Å². The number of aromatic carboxylic acids is 1. The predicted octanol–water partition coefficient (Wildman–Crippen LogP) is 1.68.